The normalized spacial score (nSPS) is 20.9. The number of carbonyl (C=O) groups excluding carboxylic acids is 1. The van der Waals surface area contributed by atoms with Crippen LogP contribution in [0.5, 0.6) is 0 Å². The monoisotopic (exact) mass is 304 g/mol. The first-order chi connectivity index (χ1) is 10.3. The maximum Gasteiger partial charge on any atom is 0.317 e. The van der Waals surface area contributed by atoms with Crippen LogP contribution < -0.4 is 5.32 Å². The standard InChI is InChI=1S/C18H28N2O2/c1-13(21)10-12-20(4)17(22)19-16-9-11-18(2,3)15-8-6-5-7-14(15)16/h5-8,13,16,21H,9-12H2,1-4H3,(H,19,22). The van der Waals surface area contributed by atoms with E-state index in [0.29, 0.717) is 13.0 Å². The van der Waals surface area contributed by atoms with Gasteiger partial charge in [0.05, 0.1) is 12.1 Å². The average molecular weight is 304 g/mol. The van der Waals surface area contributed by atoms with Crippen molar-refractivity contribution in [1.29, 1.82) is 0 Å². The average Bonchev–Trinajstić information content (AvgIpc) is 2.48. The predicted molar refractivity (Wildman–Crippen MR) is 88.9 cm³/mol. The van der Waals surface area contributed by atoms with Crippen LogP contribution >= 0.6 is 0 Å². The molecule has 1 aromatic carbocycles. The Labute approximate surface area is 133 Å². The minimum Gasteiger partial charge on any atom is -0.393 e. The summed E-state index contributed by atoms with van der Waals surface area (Å²) in [5, 5.41) is 12.5. The van der Waals surface area contributed by atoms with Crippen LogP contribution in [0.2, 0.25) is 0 Å². The minimum absolute atomic E-state index is 0.0693. The van der Waals surface area contributed by atoms with Crippen molar-refractivity contribution in [2.45, 2.75) is 57.6 Å². The second kappa shape index (κ2) is 6.69. The summed E-state index contributed by atoms with van der Waals surface area (Å²) in [5.41, 5.74) is 2.73. The first kappa shape index (κ1) is 16.8. The summed E-state index contributed by atoms with van der Waals surface area (Å²) in [6.45, 7) is 6.83. The molecule has 0 aromatic heterocycles. The van der Waals surface area contributed by atoms with E-state index in [1.807, 2.05) is 6.07 Å². The van der Waals surface area contributed by atoms with E-state index in [9.17, 15) is 9.90 Å². The van der Waals surface area contributed by atoms with Gasteiger partial charge in [0.25, 0.3) is 0 Å². The van der Waals surface area contributed by atoms with Crippen molar-refractivity contribution in [3.8, 4) is 0 Å². The van der Waals surface area contributed by atoms with Crippen LogP contribution in [0.25, 0.3) is 0 Å². The molecule has 0 spiro atoms. The van der Waals surface area contributed by atoms with Gasteiger partial charge in [0.15, 0.2) is 0 Å². The second-order valence-electron chi connectivity index (χ2n) is 7.07. The predicted octanol–water partition coefficient (Wildman–Crippen LogP) is 3.21. The molecule has 0 bridgehead atoms. The molecule has 1 aromatic rings. The lowest BCUT2D eigenvalue weighted by molar-refractivity contribution is 0.161. The number of fused-ring (bicyclic) bond motifs is 1. The summed E-state index contributed by atoms with van der Waals surface area (Å²) < 4.78 is 0. The molecule has 4 heteroatoms. The van der Waals surface area contributed by atoms with E-state index >= 15 is 0 Å². The van der Waals surface area contributed by atoms with Crippen molar-refractivity contribution in [3.05, 3.63) is 35.4 Å². The van der Waals surface area contributed by atoms with Crippen LogP contribution in [0.1, 0.15) is 57.2 Å². The van der Waals surface area contributed by atoms with Crippen LogP contribution in [-0.2, 0) is 5.41 Å². The fourth-order valence-corrected chi connectivity index (χ4v) is 3.10. The fourth-order valence-electron chi connectivity index (χ4n) is 3.10. The lowest BCUT2D eigenvalue weighted by Crippen LogP contribution is -2.42. The van der Waals surface area contributed by atoms with Gasteiger partial charge in [-0.1, -0.05) is 38.1 Å². The zero-order chi connectivity index (χ0) is 16.3. The Bertz CT molecular complexity index is 526. The maximum absolute atomic E-state index is 12.3. The molecule has 4 nitrogen and oxygen atoms in total. The number of benzene rings is 1. The van der Waals surface area contributed by atoms with Gasteiger partial charge in [0.2, 0.25) is 0 Å². The Morgan fingerprint density at radius 3 is 2.82 bits per heavy atom. The topological polar surface area (TPSA) is 52.6 Å². The first-order valence-electron chi connectivity index (χ1n) is 8.10. The third kappa shape index (κ3) is 3.80. The molecule has 0 saturated carbocycles. The SMILES string of the molecule is CC(O)CCN(C)C(=O)NC1CCC(C)(C)c2ccccc21. The van der Waals surface area contributed by atoms with Crippen LogP contribution in [-0.4, -0.2) is 35.7 Å². The van der Waals surface area contributed by atoms with Crippen LogP contribution in [0, 0.1) is 0 Å². The van der Waals surface area contributed by atoms with Crippen molar-refractivity contribution >= 4 is 6.03 Å². The number of hydrogen-bond acceptors (Lipinski definition) is 2. The summed E-state index contributed by atoms with van der Waals surface area (Å²) in [7, 11) is 1.77. The first-order valence-corrected chi connectivity index (χ1v) is 8.10. The lowest BCUT2D eigenvalue weighted by atomic mass is 9.71. The van der Waals surface area contributed by atoms with E-state index in [1.165, 1.54) is 11.1 Å². The van der Waals surface area contributed by atoms with Crippen molar-refractivity contribution in [2.24, 2.45) is 0 Å². The van der Waals surface area contributed by atoms with Gasteiger partial charge in [0, 0.05) is 13.6 Å². The van der Waals surface area contributed by atoms with Crippen LogP contribution in [0.15, 0.2) is 24.3 Å². The number of aliphatic hydroxyl groups is 1. The molecule has 2 rings (SSSR count). The number of nitrogens with one attached hydrogen (secondary N) is 1. The molecule has 2 atom stereocenters. The molecule has 0 fully saturated rings. The highest BCUT2D eigenvalue weighted by Gasteiger charge is 2.33. The molecule has 0 radical (unpaired) electrons. The third-order valence-electron chi connectivity index (χ3n) is 4.65. The Morgan fingerprint density at radius 1 is 1.45 bits per heavy atom. The number of nitrogens with zero attached hydrogens (tertiary/aromatic N) is 1. The number of urea groups is 1. The molecule has 2 amide bonds. The Hall–Kier alpha value is -1.55. The van der Waals surface area contributed by atoms with Gasteiger partial charge >= 0.3 is 6.03 Å². The van der Waals surface area contributed by atoms with Crippen molar-refractivity contribution in [2.75, 3.05) is 13.6 Å². The zero-order valence-electron chi connectivity index (χ0n) is 14.1. The van der Waals surface area contributed by atoms with E-state index in [-0.39, 0.29) is 23.6 Å². The van der Waals surface area contributed by atoms with Gasteiger partial charge in [0.1, 0.15) is 0 Å². The largest absolute Gasteiger partial charge is 0.393 e. The zero-order valence-corrected chi connectivity index (χ0v) is 14.1. The highest BCUT2D eigenvalue weighted by atomic mass is 16.3. The lowest BCUT2D eigenvalue weighted by Gasteiger charge is -2.37. The van der Waals surface area contributed by atoms with Gasteiger partial charge in [-0.2, -0.15) is 0 Å². The highest BCUT2D eigenvalue weighted by Crippen LogP contribution is 2.41. The molecular formula is C18H28N2O2. The number of aliphatic hydroxyl groups excluding tert-OH is 1. The van der Waals surface area contributed by atoms with E-state index in [1.54, 1.807) is 18.9 Å². The van der Waals surface area contributed by atoms with E-state index in [4.69, 9.17) is 0 Å². The summed E-state index contributed by atoms with van der Waals surface area (Å²) in [6, 6.07) is 8.41. The smallest absolute Gasteiger partial charge is 0.317 e. The van der Waals surface area contributed by atoms with Crippen molar-refractivity contribution in [1.82, 2.24) is 10.2 Å². The molecule has 0 heterocycles. The molecule has 1 aliphatic carbocycles. The van der Waals surface area contributed by atoms with Crippen molar-refractivity contribution in [3.63, 3.8) is 0 Å². The van der Waals surface area contributed by atoms with Crippen molar-refractivity contribution < 1.29 is 9.90 Å². The molecule has 1 aliphatic rings. The molecule has 22 heavy (non-hydrogen) atoms. The summed E-state index contributed by atoms with van der Waals surface area (Å²) >= 11 is 0. The number of hydrogen-bond donors (Lipinski definition) is 2. The number of carbonyl (C=O) groups is 1. The van der Waals surface area contributed by atoms with Gasteiger partial charge in [-0.25, -0.2) is 4.79 Å². The number of amides is 2. The third-order valence-corrected chi connectivity index (χ3v) is 4.65. The summed E-state index contributed by atoms with van der Waals surface area (Å²) in [4.78, 5) is 14.0. The summed E-state index contributed by atoms with van der Waals surface area (Å²) in [5.74, 6) is 0. The fraction of sp³-hybridized carbons (Fsp3) is 0.611. The number of rotatable bonds is 4. The van der Waals surface area contributed by atoms with Gasteiger partial charge in [-0.3, -0.25) is 0 Å². The molecule has 2 N–H and O–H groups in total. The molecular weight excluding hydrogens is 276 g/mol. The van der Waals surface area contributed by atoms with E-state index in [0.717, 1.165) is 12.8 Å². The van der Waals surface area contributed by atoms with Gasteiger partial charge in [-0.05, 0) is 42.7 Å². The van der Waals surface area contributed by atoms with Gasteiger partial charge < -0.3 is 15.3 Å². The second-order valence-corrected chi connectivity index (χ2v) is 7.07. The molecule has 122 valence electrons. The highest BCUT2D eigenvalue weighted by molar-refractivity contribution is 5.74. The Balaban J connectivity index is 2.06. The Kier molecular flexibility index (Phi) is 5.12. The maximum atomic E-state index is 12.3. The minimum atomic E-state index is -0.383. The van der Waals surface area contributed by atoms with Crippen LogP contribution in [0.4, 0.5) is 4.79 Å². The summed E-state index contributed by atoms with van der Waals surface area (Å²) in [6.07, 6.45) is 2.23. The van der Waals surface area contributed by atoms with Gasteiger partial charge in [-0.15, -0.1) is 0 Å². The van der Waals surface area contributed by atoms with Crippen LogP contribution in [0.3, 0.4) is 0 Å². The molecule has 0 saturated heterocycles. The molecule has 0 aliphatic heterocycles. The van der Waals surface area contributed by atoms with E-state index in [2.05, 4.69) is 37.4 Å². The quantitative estimate of drug-likeness (QED) is 0.897. The Morgan fingerprint density at radius 2 is 2.14 bits per heavy atom. The van der Waals surface area contributed by atoms with E-state index < -0.39 is 0 Å². The molecule has 2 unspecified atom stereocenters.